The second kappa shape index (κ2) is 8.31. The quantitative estimate of drug-likeness (QED) is 0.713. The van der Waals surface area contributed by atoms with Crippen molar-refractivity contribution in [3.05, 3.63) is 65.7 Å². The molecule has 1 fully saturated rings. The number of carbonyl (C=O) groups excluding carboxylic acids is 1. The molecule has 1 aliphatic rings. The number of likely N-dealkylation sites (tertiary alicyclic amines) is 1. The molecular formula is C21H24N6O. The molecule has 28 heavy (non-hydrogen) atoms. The molecule has 1 amide bonds. The van der Waals surface area contributed by atoms with Crippen molar-refractivity contribution in [2.75, 3.05) is 26.2 Å². The van der Waals surface area contributed by atoms with E-state index in [0.717, 1.165) is 25.2 Å². The highest BCUT2D eigenvalue weighted by atomic mass is 16.1. The molecule has 1 aliphatic heterocycles. The van der Waals surface area contributed by atoms with Crippen LogP contribution in [-0.2, 0) is 7.05 Å². The average molecular weight is 376 g/mol. The summed E-state index contributed by atoms with van der Waals surface area (Å²) >= 11 is 0. The molecule has 1 N–H and O–H groups in total. The van der Waals surface area contributed by atoms with Gasteiger partial charge in [0.05, 0.1) is 7.05 Å². The molecule has 0 radical (unpaired) electrons. The summed E-state index contributed by atoms with van der Waals surface area (Å²) in [6.45, 7) is 3.65. The highest BCUT2D eigenvalue weighted by Crippen LogP contribution is 2.26. The molecule has 4 rings (SSSR count). The van der Waals surface area contributed by atoms with Gasteiger partial charge < -0.3 is 10.2 Å². The zero-order valence-electron chi connectivity index (χ0n) is 16.0. The summed E-state index contributed by atoms with van der Waals surface area (Å²) < 4.78 is 0. The third-order valence-corrected chi connectivity index (χ3v) is 5.17. The van der Waals surface area contributed by atoms with E-state index in [1.165, 1.54) is 16.8 Å². The maximum Gasteiger partial charge on any atom is 0.251 e. The molecule has 0 aliphatic carbocycles. The van der Waals surface area contributed by atoms with Crippen LogP contribution in [0.25, 0.3) is 11.4 Å². The molecule has 2 heterocycles. The van der Waals surface area contributed by atoms with Gasteiger partial charge in [-0.2, -0.15) is 4.80 Å². The second-order valence-corrected chi connectivity index (χ2v) is 7.13. The van der Waals surface area contributed by atoms with E-state index in [4.69, 9.17) is 0 Å². The lowest BCUT2D eigenvalue weighted by Gasteiger charge is -2.16. The predicted octanol–water partition coefficient (Wildman–Crippen LogP) is 2.10. The molecule has 1 atom stereocenters. The molecule has 7 heteroatoms. The van der Waals surface area contributed by atoms with Gasteiger partial charge in [-0.1, -0.05) is 42.5 Å². The summed E-state index contributed by atoms with van der Waals surface area (Å²) in [5.41, 5.74) is 2.89. The first-order valence-electron chi connectivity index (χ1n) is 9.59. The van der Waals surface area contributed by atoms with Crippen LogP contribution in [0.4, 0.5) is 0 Å². The van der Waals surface area contributed by atoms with E-state index < -0.39 is 0 Å². The molecule has 0 bridgehead atoms. The second-order valence-electron chi connectivity index (χ2n) is 7.13. The van der Waals surface area contributed by atoms with Gasteiger partial charge in [-0.3, -0.25) is 4.79 Å². The van der Waals surface area contributed by atoms with Crippen LogP contribution < -0.4 is 5.32 Å². The van der Waals surface area contributed by atoms with Gasteiger partial charge in [-0.05, 0) is 41.8 Å². The smallest absolute Gasteiger partial charge is 0.251 e. The lowest BCUT2D eigenvalue weighted by atomic mass is 9.99. The van der Waals surface area contributed by atoms with Crippen LogP contribution in [0.3, 0.4) is 0 Å². The predicted molar refractivity (Wildman–Crippen MR) is 107 cm³/mol. The lowest BCUT2D eigenvalue weighted by Crippen LogP contribution is -2.33. The first kappa shape index (κ1) is 18.3. The van der Waals surface area contributed by atoms with Crippen molar-refractivity contribution >= 4 is 5.91 Å². The fourth-order valence-electron chi connectivity index (χ4n) is 3.63. The summed E-state index contributed by atoms with van der Waals surface area (Å²) in [7, 11) is 1.72. The Hall–Kier alpha value is -3.06. The van der Waals surface area contributed by atoms with Gasteiger partial charge in [0.25, 0.3) is 5.91 Å². The summed E-state index contributed by atoms with van der Waals surface area (Å²) in [6.07, 6.45) is 1.18. The fourth-order valence-corrected chi connectivity index (χ4v) is 3.63. The summed E-state index contributed by atoms with van der Waals surface area (Å²) in [6, 6.07) is 17.9. The number of benzene rings is 2. The molecular weight excluding hydrogens is 352 g/mol. The van der Waals surface area contributed by atoms with Gasteiger partial charge in [0.2, 0.25) is 5.82 Å². The standard InChI is InChI=1S/C21H24N6O/c1-26-24-20(23-25-26)17-7-9-18(10-8-17)21(28)22-12-14-27-13-11-19(15-27)16-5-3-2-4-6-16/h2-10,19H,11-15H2,1H3,(H,22,28)/t19-/m1/s1. The van der Waals surface area contributed by atoms with Gasteiger partial charge in [-0.25, -0.2) is 0 Å². The Morgan fingerprint density at radius 2 is 1.93 bits per heavy atom. The molecule has 0 unspecified atom stereocenters. The van der Waals surface area contributed by atoms with Gasteiger partial charge >= 0.3 is 0 Å². The number of aromatic nitrogens is 4. The Labute approximate surface area is 164 Å². The molecule has 144 valence electrons. The highest BCUT2D eigenvalue weighted by molar-refractivity contribution is 5.94. The van der Waals surface area contributed by atoms with Gasteiger partial charge in [0.1, 0.15) is 0 Å². The van der Waals surface area contributed by atoms with Crippen LogP contribution >= 0.6 is 0 Å². The summed E-state index contributed by atoms with van der Waals surface area (Å²) in [4.78, 5) is 16.2. The Bertz CT molecular complexity index is 922. The Balaban J connectivity index is 1.25. The number of rotatable bonds is 6. The average Bonchev–Trinajstić information content (AvgIpc) is 3.38. The number of nitrogens with one attached hydrogen (secondary N) is 1. The van der Waals surface area contributed by atoms with Crippen LogP contribution in [-0.4, -0.2) is 57.2 Å². The molecule has 0 saturated carbocycles. The number of nitrogens with zero attached hydrogens (tertiary/aromatic N) is 5. The topological polar surface area (TPSA) is 75.9 Å². The maximum atomic E-state index is 12.4. The van der Waals surface area contributed by atoms with Crippen molar-refractivity contribution in [2.45, 2.75) is 12.3 Å². The molecule has 7 nitrogen and oxygen atoms in total. The highest BCUT2D eigenvalue weighted by Gasteiger charge is 2.23. The van der Waals surface area contributed by atoms with Crippen molar-refractivity contribution in [1.29, 1.82) is 0 Å². The number of carbonyl (C=O) groups is 1. The largest absolute Gasteiger partial charge is 0.351 e. The zero-order valence-corrected chi connectivity index (χ0v) is 16.0. The monoisotopic (exact) mass is 376 g/mol. The van der Waals surface area contributed by atoms with Crippen LogP contribution in [0.15, 0.2) is 54.6 Å². The van der Waals surface area contributed by atoms with E-state index in [1.807, 2.05) is 12.1 Å². The van der Waals surface area contributed by atoms with Gasteiger partial charge in [-0.15, -0.1) is 10.2 Å². The Morgan fingerprint density at radius 1 is 1.14 bits per heavy atom. The van der Waals surface area contributed by atoms with Gasteiger partial charge in [0, 0.05) is 30.8 Å². The van der Waals surface area contributed by atoms with E-state index >= 15 is 0 Å². The van der Waals surface area contributed by atoms with E-state index in [2.05, 4.69) is 56.0 Å². The van der Waals surface area contributed by atoms with Crippen LogP contribution in [0, 0.1) is 0 Å². The number of tetrazole rings is 1. The van der Waals surface area contributed by atoms with Crippen molar-refractivity contribution in [2.24, 2.45) is 7.05 Å². The van der Waals surface area contributed by atoms with E-state index in [9.17, 15) is 4.79 Å². The molecule has 3 aromatic rings. The molecule has 1 saturated heterocycles. The normalized spacial score (nSPS) is 17.0. The van der Waals surface area contributed by atoms with Crippen LogP contribution in [0.1, 0.15) is 28.3 Å². The number of hydrogen-bond acceptors (Lipinski definition) is 5. The van der Waals surface area contributed by atoms with Crippen LogP contribution in [0.2, 0.25) is 0 Å². The summed E-state index contributed by atoms with van der Waals surface area (Å²) in [5, 5.41) is 15.0. The Morgan fingerprint density at radius 3 is 2.64 bits per heavy atom. The zero-order chi connectivity index (χ0) is 19.3. The number of aryl methyl sites for hydroxylation is 1. The Kier molecular flexibility index (Phi) is 5.43. The van der Waals surface area contributed by atoms with Crippen molar-refractivity contribution in [1.82, 2.24) is 30.4 Å². The minimum absolute atomic E-state index is 0.0579. The molecule has 2 aromatic carbocycles. The first-order valence-corrected chi connectivity index (χ1v) is 9.59. The van der Waals surface area contributed by atoms with Crippen LogP contribution in [0.5, 0.6) is 0 Å². The van der Waals surface area contributed by atoms with Crippen molar-refractivity contribution in [3.63, 3.8) is 0 Å². The number of amides is 1. The third kappa shape index (κ3) is 4.26. The van der Waals surface area contributed by atoms with E-state index in [0.29, 0.717) is 23.9 Å². The minimum Gasteiger partial charge on any atom is -0.351 e. The molecule has 1 aromatic heterocycles. The molecule has 0 spiro atoms. The fraction of sp³-hybridized carbons (Fsp3) is 0.333. The van der Waals surface area contributed by atoms with E-state index in [-0.39, 0.29) is 5.91 Å². The third-order valence-electron chi connectivity index (χ3n) is 5.17. The number of hydrogen-bond donors (Lipinski definition) is 1. The van der Waals surface area contributed by atoms with Crippen molar-refractivity contribution < 1.29 is 4.79 Å². The maximum absolute atomic E-state index is 12.4. The van der Waals surface area contributed by atoms with Gasteiger partial charge in [0.15, 0.2) is 0 Å². The first-order chi connectivity index (χ1) is 13.7. The SMILES string of the molecule is Cn1nnc(-c2ccc(C(=O)NCCN3CC[C@@H](c4ccccc4)C3)cc2)n1. The van der Waals surface area contributed by atoms with Crippen molar-refractivity contribution in [3.8, 4) is 11.4 Å². The summed E-state index contributed by atoms with van der Waals surface area (Å²) in [5.74, 6) is 1.09. The lowest BCUT2D eigenvalue weighted by molar-refractivity contribution is 0.0949. The van der Waals surface area contributed by atoms with E-state index in [1.54, 1.807) is 19.2 Å². The minimum atomic E-state index is -0.0579.